The van der Waals surface area contributed by atoms with Crippen LogP contribution in [0.25, 0.3) is 0 Å². The summed E-state index contributed by atoms with van der Waals surface area (Å²) in [5.74, 6) is 0. The van der Waals surface area contributed by atoms with Crippen LogP contribution in [0.2, 0.25) is 5.02 Å². The van der Waals surface area contributed by atoms with Gasteiger partial charge in [-0.05, 0) is 58.1 Å². The molecule has 0 saturated heterocycles. The van der Waals surface area contributed by atoms with Gasteiger partial charge in [-0.2, -0.15) is 0 Å². The summed E-state index contributed by atoms with van der Waals surface area (Å²) in [6.45, 7) is 4.10. The van der Waals surface area contributed by atoms with Gasteiger partial charge < -0.3 is 15.5 Å². The molecule has 0 fully saturated rings. The van der Waals surface area contributed by atoms with Gasteiger partial charge in [-0.15, -0.1) is 0 Å². The van der Waals surface area contributed by atoms with Crippen molar-refractivity contribution in [1.29, 1.82) is 0 Å². The number of nitrogens with zero attached hydrogens (tertiary/aromatic N) is 2. The average molecular weight is 284 g/mol. The number of nitrogens with two attached hydrogens (primary N) is 1. The second-order valence-electron chi connectivity index (χ2n) is 5.55. The van der Waals surface area contributed by atoms with Crippen molar-refractivity contribution in [2.75, 3.05) is 39.1 Å². The minimum Gasteiger partial charge on any atom is -0.373 e. The molecule has 0 saturated carbocycles. The van der Waals surface area contributed by atoms with E-state index in [1.165, 1.54) is 5.56 Å². The Hall–Kier alpha value is -0.770. The fourth-order valence-electron chi connectivity index (χ4n) is 2.10. The largest absolute Gasteiger partial charge is 0.373 e. The smallest absolute Gasteiger partial charge is 0.0642 e. The lowest BCUT2D eigenvalue weighted by molar-refractivity contribution is 0.401. The number of hydrogen-bond acceptors (Lipinski definition) is 3. The van der Waals surface area contributed by atoms with Gasteiger partial charge in [-0.1, -0.05) is 17.7 Å². The second kappa shape index (κ2) is 7.73. The molecule has 0 heterocycles. The monoisotopic (exact) mass is 283 g/mol. The highest BCUT2D eigenvalue weighted by molar-refractivity contribution is 6.33. The molecule has 1 rings (SSSR count). The maximum absolute atomic E-state index is 6.36. The summed E-state index contributed by atoms with van der Waals surface area (Å²) in [6.07, 6.45) is 1.99. The van der Waals surface area contributed by atoms with Gasteiger partial charge in [0, 0.05) is 19.6 Å². The quantitative estimate of drug-likeness (QED) is 0.835. The lowest BCUT2D eigenvalue weighted by atomic mass is 10.1. The van der Waals surface area contributed by atoms with Gasteiger partial charge in [-0.3, -0.25) is 0 Å². The zero-order chi connectivity index (χ0) is 14.4. The average Bonchev–Trinajstić information content (AvgIpc) is 2.27. The Balaban J connectivity index is 2.62. The molecule has 0 aromatic heterocycles. The highest BCUT2D eigenvalue weighted by Gasteiger charge is 2.08. The third kappa shape index (κ3) is 5.81. The summed E-state index contributed by atoms with van der Waals surface area (Å²) in [5, 5.41) is 0.811. The van der Waals surface area contributed by atoms with Crippen LogP contribution < -0.4 is 10.6 Å². The summed E-state index contributed by atoms with van der Waals surface area (Å²) in [6, 6.07) is 6.41. The van der Waals surface area contributed by atoms with Crippen LogP contribution >= 0.6 is 11.6 Å². The molecule has 108 valence electrons. The van der Waals surface area contributed by atoms with E-state index < -0.39 is 0 Å². The van der Waals surface area contributed by atoms with Gasteiger partial charge in [-0.25, -0.2) is 0 Å². The lowest BCUT2D eigenvalue weighted by Crippen LogP contribution is -2.23. The molecular weight excluding hydrogens is 258 g/mol. The Kier molecular flexibility index (Phi) is 6.63. The van der Waals surface area contributed by atoms with Crippen molar-refractivity contribution in [3.05, 3.63) is 28.8 Å². The molecule has 1 aromatic rings. The molecule has 0 amide bonds. The van der Waals surface area contributed by atoms with Crippen molar-refractivity contribution < 1.29 is 0 Å². The maximum Gasteiger partial charge on any atom is 0.0642 e. The molecule has 1 unspecified atom stereocenters. The third-order valence-corrected chi connectivity index (χ3v) is 3.38. The molecule has 0 spiro atoms. The topological polar surface area (TPSA) is 32.5 Å². The van der Waals surface area contributed by atoms with Gasteiger partial charge in [0.25, 0.3) is 0 Å². The summed E-state index contributed by atoms with van der Waals surface area (Å²) >= 11 is 6.36. The standard InChI is InChI=1S/C15H26ClN3/c1-12(17)10-13-6-7-15(14(16)11-13)19(4)9-5-8-18(2)3/h6-7,11-12H,5,8-10,17H2,1-4H3. The molecule has 0 radical (unpaired) electrons. The van der Waals surface area contributed by atoms with Gasteiger partial charge in [0.15, 0.2) is 0 Å². The van der Waals surface area contributed by atoms with Crippen molar-refractivity contribution in [2.24, 2.45) is 5.73 Å². The number of benzene rings is 1. The minimum atomic E-state index is 0.166. The van der Waals surface area contributed by atoms with Crippen molar-refractivity contribution in [1.82, 2.24) is 4.90 Å². The maximum atomic E-state index is 6.36. The predicted molar refractivity (Wildman–Crippen MR) is 85.2 cm³/mol. The van der Waals surface area contributed by atoms with Crippen LogP contribution in [0.5, 0.6) is 0 Å². The van der Waals surface area contributed by atoms with Gasteiger partial charge >= 0.3 is 0 Å². The Bertz CT molecular complexity index is 391. The van der Waals surface area contributed by atoms with E-state index in [4.69, 9.17) is 17.3 Å². The summed E-state index contributed by atoms with van der Waals surface area (Å²) in [7, 11) is 6.27. The van der Waals surface area contributed by atoms with Crippen LogP contribution in [0, 0.1) is 0 Å². The Morgan fingerprint density at radius 1 is 1.21 bits per heavy atom. The molecule has 1 atom stereocenters. The number of anilines is 1. The molecular formula is C15H26ClN3. The molecule has 2 N–H and O–H groups in total. The van der Waals surface area contributed by atoms with E-state index in [0.29, 0.717) is 0 Å². The normalized spacial score (nSPS) is 12.8. The second-order valence-corrected chi connectivity index (χ2v) is 5.95. The highest BCUT2D eigenvalue weighted by Crippen LogP contribution is 2.26. The first-order valence-corrected chi connectivity index (χ1v) is 7.18. The van der Waals surface area contributed by atoms with Crippen molar-refractivity contribution in [3.8, 4) is 0 Å². The predicted octanol–water partition coefficient (Wildman–Crippen LogP) is 2.62. The Morgan fingerprint density at radius 2 is 1.89 bits per heavy atom. The zero-order valence-electron chi connectivity index (χ0n) is 12.5. The first kappa shape index (κ1) is 16.3. The SMILES string of the molecule is CC(N)Cc1ccc(N(C)CCCN(C)C)c(Cl)c1. The minimum absolute atomic E-state index is 0.166. The molecule has 0 aliphatic rings. The van der Waals surface area contributed by atoms with Crippen molar-refractivity contribution in [2.45, 2.75) is 25.8 Å². The van der Waals surface area contributed by atoms with Crippen molar-refractivity contribution >= 4 is 17.3 Å². The first-order chi connectivity index (χ1) is 8.90. The van der Waals surface area contributed by atoms with E-state index in [1.54, 1.807) is 0 Å². The Labute approximate surface area is 122 Å². The van der Waals surface area contributed by atoms with E-state index in [0.717, 1.165) is 36.6 Å². The zero-order valence-corrected chi connectivity index (χ0v) is 13.2. The van der Waals surface area contributed by atoms with Crippen LogP contribution in [0.4, 0.5) is 5.69 Å². The molecule has 0 bridgehead atoms. The van der Waals surface area contributed by atoms with Crippen LogP contribution in [-0.2, 0) is 6.42 Å². The van der Waals surface area contributed by atoms with Gasteiger partial charge in [0.1, 0.15) is 0 Å². The van der Waals surface area contributed by atoms with E-state index in [-0.39, 0.29) is 6.04 Å². The summed E-state index contributed by atoms with van der Waals surface area (Å²) in [5.41, 5.74) is 8.10. The number of halogens is 1. The van der Waals surface area contributed by atoms with Gasteiger partial charge in [0.2, 0.25) is 0 Å². The van der Waals surface area contributed by atoms with Crippen LogP contribution in [-0.4, -0.2) is 45.2 Å². The molecule has 1 aromatic carbocycles. The molecule has 0 aliphatic heterocycles. The van der Waals surface area contributed by atoms with E-state index in [9.17, 15) is 0 Å². The molecule has 19 heavy (non-hydrogen) atoms. The fourth-order valence-corrected chi connectivity index (χ4v) is 2.45. The Morgan fingerprint density at radius 3 is 2.42 bits per heavy atom. The van der Waals surface area contributed by atoms with Crippen LogP contribution in [0.15, 0.2) is 18.2 Å². The number of rotatable bonds is 7. The molecule has 0 aliphatic carbocycles. The summed E-state index contributed by atoms with van der Waals surface area (Å²) < 4.78 is 0. The van der Waals surface area contributed by atoms with E-state index in [2.05, 4.69) is 43.1 Å². The lowest BCUT2D eigenvalue weighted by Gasteiger charge is -2.22. The van der Waals surface area contributed by atoms with E-state index in [1.807, 2.05) is 13.0 Å². The van der Waals surface area contributed by atoms with Crippen LogP contribution in [0.3, 0.4) is 0 Å². The van der Waals surface area contributed by atoms with Crippen molar-refractivity contribution in [3.63, 3.8) is 0 Å². The number of hydrogen-bond donors (Lipinski definition) is 1. The van der Waals surface area contributed by atoms with E-state index >= 15 is 0 Å². The molecule has 3 nitrogen and oxygen atoms in total. The van der Waals surface area contributed by atoms with Crippen LogP contribution in [0.1, 0.15) is 18.9 Å². The first-order valence-electron chi connectivity index (χ1n) is 6.80. The van der Waals surface area contributed by atoms with Gasteiger partial charge in [0.05, 0.1) is 10.7 Å². The summed E-state index contributed by atoms with van der Waals surface area (Å²) in [4.78, 5) is 4.41. The highest BCUT2D eigenvalue weighted by atomic mass is 35.5. The third-order valence-electron chi connectivity index (χ3n) is 3.08. The molecule has 4 heteroatoms. The fraction of sp³-hybridized carbons (Fsp3) is 0.600.